The molecule has 2 nitrogen and oxygen atoms in total. The maximum absolute atomic E-state index is 6.24. The lowest BCUT2D eigenvalue weighted by atomic mass is 9.68. The lowest BCUT2D eigenvalue weighted by Crippen LogP contribution is -2.27. The fourth-order valence-electron chi connectivity index (χ4n) is 8.16. The fourth-order valence-corrected chi connectivity index (χ4v) is 8.16. The number of anilines is 2. The maximum Gasteiger partial charge on any atom is 0.137 e. The van der Waals surface area contributed by atoms with Gasteiger partial charge in [-0.25, -0.2) is 0 Å². The Morgan fingerprint density at radius 2 is 0.957 bits per heavy atom. The molecule has 2 aliphatic rings. The van der Waals surface area contributed by atoms with E-state index in [2.05, 4.69) is 156 Å². The van der Waals surface area contributed by atoms with Gasteiger partial charge in [0.1, 0.15) is 11.2 Å². The van der Waals surface area contributed by atoms with Crippen molar-refractivity contribution in [1.29, 1.82) is 0 Å². The molecule has 1 N–H and O–H groups in total. The van der Waals surface area contributed by atoms with Crippen molar-refractivity contribution in [3.63, 3.8) is 0 Å². The zero-order valence-corrected chi connectivity index (χ0v) is 28.0. The Balaban J connectivity index is 1.28. The second-order valence-electron chi connectivity index (χ2n) is 15.5. The van der Waals surface area contributed by atoms with Gasteiger partial charge in [0, 0.05) is 28.2 Å². The van der Waals surface area contributed by atoms with E-state index >= 15 is 0 Å². The number of fused-ring (bicyclic) bond motifs is 13. The maximum atomic E-state index is 6.24. The van der Waals surface area contributed by atoms with Crippen LogP contribution in [0.3, 0.4) is 0 Å². The molecule has 9 rings (SSSR count). The Hall–Kier alpha value is -5.08. The van der Waals surface area contributed by atoms with E-state index in [-0.39, 0.29) is 10.8 Å². The number of benzene rings is 6. The summed E-state index contributed by atoms with van der Waals surface area (Å²) < 4.78 is 6.24. The smallest absolute Gasteiger partial charge is 0.137 e. The molecule has 6 aromatic carbocycles. The van der Waals surface area contributed by atoms with Crippen LogP contribution in [0.25, 0.3) is 44.2 Å². The van der Waals surface area contributed by atoms with Crippen LogP contribution in [0.4, 0.5) is 11.4 Å². The standard InChI is InChI=1S/C45H39NO/c1-43(2,3)27-15-19-32-33-20-16-28(44(4,5)6)24-39(33)45(38(32)23-27)37-13-9-7-11-31(37)34-21-17-29(25-40(34)45)46-30-18-22-36-35-12-8-10-14-41(35)47-42(36)26-30/h7-26,46H,1-6H3. The minimum atomic E-state index is -0.417. The van der Waals surface area contributed by atoms with Gasteiger partial charge in [0.25, 0.3) is 0 Å². The van der Waals surface area contributed by atoms with Crippen molar-refractivity contribution in [3.8, 4) is 22.3 Å². The molecule has 0 bridgehead atoms. The molecule has 1 spiro atoms. The molecule has 1 heterocycles. The third-order valence-corrected chi connectivity index (χ3v) is 10.6. The largest absolute Gasteiger partial charge is 0.456 e. The summed E-state index contributed by atoms with van der Waals surface area (Å²) in [5.41, 5.74) is 17.0. The number of para-hydroxylation sites is 1. The molecule has 0 amide bonds. The van der Waals surface area contributed by atoms with Gasteiger partial charge in [-0.3, -0.25) is 0 Å². The minimum absolute atomic E-state index is 0.0290. The van der Waals surface area contributed by atoms with Gasteiger partial charge in [0.05, 0.1) is 5.41 Å². The number of hydrogen-bond acceptors (Lipinski definition) is 2. The summed E-state index contributed by atoms with van der Waals surface area (Å²) in [4.78, 5) is 0. The monoisotopic (exact) mass is 609 g/mol. The highest BCUT2D eigenvalue weighted by atomic mass is 16.3. The first-order valence-electron chi connectivity index (χ1n) is 16.8. The number of hydrogen-bond donors (Lipinski definition) is 1. The summed E-state index contributed by atoms with van der Waals surface area (Å²) in [5, 5.41) is 6.05. The molecule has 0 unspecified atom stereocenters. The molecule has 2 aliphatic carbocycles. The zero-order valence-electron chi connectivity index (χ0n) is 28.0. The molecule has 0 saturated carbocycles. The quantitative estimate of drug-likeness (QED) is 0.211. The van der Waals surface area contributed by atoms with E-state index in [1.807, 2.05) is 12.1 Å². The lowest BCUT2D eigenvalue weighted by molar-refractivity contribution is 0.586. The summed E-state index contributed by atoms with van der Waals surface area (Å²) in [5.74, 6) is 0. The Bertz CT molecular complexity index is 2350. The second-order valence-corrected chi connectivity index (χ2v) is 15.5. The third kappa shape index (κ3) is 3.97. The summed E-state index contributed by atoms with van der Waals surface area (Å²) in [7, 11) is 0. The van der Waals surface area contributed by atoms with Crippen LogP contribution in [-0.2, 0) is 16.2 Å². The number of furan rings is 1. The molecule has 0 radical (unpaired) electrons. The van der Waals surface area contributed by atoms with E-state index in [0.29, 0.717) is 0 Å². The molecule has 2 heteroatoms. The molecule has 0 aliphatic heterocycles. The first-order valence-corrected chi connectivity index (χ1v) is 16.8. The lowest BCUT2D eigenvalue weighted by Gasteiger charge is -2.33. The van der Waals surface area contributed by atoms with Crippen LogP contribution >= 0.6 is 0 Å². The van der Waals surface area contributed by atoms with E-state index in [4.69, 9.17) is 4.42 Å². The number of rotatable bonds is 2. The average Bonchev–Trinajstić information content (AvgIpc) is 3.66. The van der Waals surface area contributed by atoms with Crippen molar-refractivity contribution in [2.24, 2.45) is 0 Å². The highest BCUT2D eigenvalue weighted by Gasteiger charge is 2.52. The Labute approximate surface area is 277 Å². The van der Waals surface area contributed by atoms with Gasteiger partial charge in [-0.15, -0.1) is 0 Å². The zero-order chi connectivity index (χ0) is 32.3. The third-order valence-electron chi connectivity index (χ3n) is 10.6. The predicted octanol–water partition coefficient (Wildman–Crippen LogP) is 12.3. The molecule has 0 fully saturated rings. The van der Waals surface area contributed by atoms with Crippen LogP contribution in [0.1, 0.15) is 74.9 Å². The van der Waals surface area contributed by atoms with Crippen LogP contribution < -0.4 is 5.32 Å². The molecule has 0 atom stereocenters. The first-order chi connectivity index (χ1) is 22.5. The molecular formula is C45H39NO. The Morgan fingerprint density at radius 1 is 0.447 bits per heavy atom. The average molecular weight is 610 g/mol. The van der Waals surface area contributed by atoms with E-state index < -0.39 is 5.41 Å². The van der Waals surface area contributed by atoms with Gasteiger partial charge in [0.15, 0.2) is 0 Å². The van der Waals surface area contributed by atoms with Gasteiger partial charge in [-0.05, 0) is 96.8 Å². The fraction of sp³-hybridized carbons (Fsp3) is 0.200. The van der Waals surface area contributed by atoms with Crippen LogP contribution in [0.5, 0.6) is 0 Å². The van der Waals surface area contributed by atoms with Crippen molar-refractivity contribution in [2.75, 3.05) is 5.32 Å². The molecule has 230 valence electrons. The molecular weight excluding hydrogens is 571 g/mol. The summed E-state index contributed by atoms with van der Waals surface area (Å²) >= 11 is 0. The molecule has 0 saturated heterocycles. The van der Waals surface area contributed by atoms with Gasteiger partial charge in [-0.2, -0.15) is 0 Å². The second kappa shape index (κ2) is 9.48. The van der Waals surface area contributed by atoms with Crippen molar-refractivity contribution in [3.05, 3.63) is 155 Å². The van der Waals surface area contributed by atoms with E-state index in [1.54, 1.807) is 0 Å². The topological polar surface area (TPSA) is 25.2 Å². The van der Waals surface area contributed by atoms with Crippen LogP contribution in [0, 0.1) is 0 Å². The summed E-state index contributed by atoms with van der Waals surface area (Å²) in [6.07, 6.45) is 0. The van der Waals surface area contributed by atoms with Crippen molar-refractivity contribution in [2.45, 2.75) is 57.8 Å². The van der Waals surface area contributed by atoms with E-state index in [9.17, 15) is 0 Å². The van der Waals surface area contributed by atoms with Crippen molar-refractivity contribution < 1.29 is 4.42 Å². The molecule has 47 heavy (non-hydrogen) atoms. The predicted molar refractivity (Wildman–Crippen MR) is 197 cm³/mol. The Kier molecular flexibility index (Phi) is 5.68. The SMILES string of the molecule is CC(C)(C)c1ccc2c(c1)C1(c3ccccc3-c3ccc(Nc4ccc5c(c4)oc4ccccc45)cc31)c1cc(C(C)(C)C)ccc1-2. The van der Waals surface area contributed by atoms with Gasteiger partial charge < -0.3 is 9.73 Å². The highest BCUT2D eigenvalue weighted by molar-refractivity contribution is 6.06. The van der Waals surface area contributed by atoms with Crippen LogP contribution in [0.15, 0.2) is 126 Å². The van der Waals surface area contributed by atoms with Gasteiger partial charge in [-0.1, -0.05) is 126 Å². The summed E-state index contributed by atoms with van der Waals surface area (Å²) in [6.45, 7) is 13.9. The van der Waals surface area contributed by atoms with Crippen molar-refractivity contribution in [1.82, 2.24) is 0 Å². The van der Waals surface area contributed by atoms with Gasteiger partial charge >= 0.3 is 0 Å². The molecule has 1 aromatic heterocycles. The normalized spacial score (nSPS) is 14.3. The van der Waals surface area contributed by atoms with Crippen LogP contribution in [-0.4, -0.2) is 0 Å². The van der Waals surface area contributed by atoms with E-state index in [1.165, 1.54) is 55.6 Å². The minimum Gasteiger partial charge on any atom is -0.456 e. The highest BCUT2D eigenvalue weighted by Crippen LogP contribution is 2.63. The number of nitrogens with one attached hydrogen (secondary N) is 1. The first kappa shape index (κ1) is 28.2. The summed E-state index contributed by atoms with van der Waals surface area (Å²) in [6, 6.07) is 45.2. The van der Waals surface area contributed by atoms with Gasteiger partial charge in [0.2, 0.25) is 0 Å². The van der Waals surface area contributed by atoms with Crippen molar-refractivity contribution >= 4 is 33.3 Å². The molecule has 7 aromatic rings. The van der Waals surface area contributed by atoms with E-state index in [0.717, 1.165) is 33.3 Å². The Morgan fingerprint density at radius 3 is 1.64 bits per heavy atom. The van der Waals surface area contributed by atoms with Crippen LogP contribution in [0.2, 0.25) is 0 Å².